The molecule has 0 bridgehead atoms. The van der Waals surface area contributed by atoms with Crippen molar-refractivity contribution in [1.29, 1.82) is 0 Å². The molecule has 0 heterocycles. The highest BCUT2D eigenvalue weighted by atomic mass is 32.3. The van der Waals surface area contributed by atoms with Gasteiger partial charge in [-0.25, -0.2) is 0 Å². The van der Waals surface area contributed by atoms with Crippen molar-refractivity contribution < 1.29 is 27.4 Å². The van der Waals surface area contributed by atoms with Gasteiger partial charge in [0.25, 0.3) is 0 Å². The number of benzene rings is 1. The average molecular weight is 292 g/mol. The van der Waals surface area contributed by atoms with Gasteiger partial charge < -0.3 is 15.7 Å². The number of carbonyl (C=O) groups excluding carboxylic acids is 1. The van der Waals surface area contributed by atoms with Crippen LogP contribution in [0.2, 0.25) is 0 Å². The number of rotatable bonds is 4. The van der Waals surface area contributed by atoms with Gasteiger partial charge in [-0.05, 0) is 24.3 Å². The van der Waals surface area contributed by atoms with Crippen LogP contribution in [0.15, 0.2) is 24.3 Å². The standard InChI is InChI=1S/C10H14N2O2.H2O4S/c1-8(13)11-6-7-12-9-2-4-10(14)5-3-9;1-5(2,3)4/h2-5,12,14H,6-7H2,1H3,(H,11,13);(H2,1,2,3,4). The summed E-state index contributed by atoms with van der Waals surface area (Å²) in [5, 5.41) is 14.8. The molecule has 0 fully saturated rings. The van der Waals surface area contributed by atoms with E-state index < -0.39 is 10.4 Å². The fourth-order valence-corrected chi connectivity index (χ4v) is 1.02. The molecule has 0 unspecified atom stereocenters. The van der Waals surface area contributed by atoms with Crippen LogP contribution < -0.4 is 10.6 Å². The van der Waals surface area contributed by atoms with Gasteiger partial charge in [-0.15, -0.1) is 0 Å². The first-order chi connectivity index (χ1) is 8.68. The van der Waals surface area contributed by atoms with E-state index in [-0.39, 0.29) is 11.7 Å². The van der Waals surface area contributed by atoms with Crippen molar-refractivity contribution in [3.05, 3.63) is 24.3 Å². The number of aromatic hydroxyl groups is 1. The van der Waals surface area contributed by atoms with E-state index in [0.29, 0.717) is 13.1 Å². The lowest BCUT2D eigenvalue weighted by Crippen LogP contribution is -2.26. The van der Waals surface area contributed by atoms with Crippen LogP contribution >= 0.6 is 0 Å². The molecule has 1 rings (SSSR count). The molecular weight excluding hydrogens is 276 g/mol. The Morgan fingerprint density at radius 2 is 1.63 bits per heavy atom. The van der Waals surface area contributed by atoms with Gasteiger partial charge in [-0.3, -0.25) is 13.9 Å². The Kier molecular flexibility index (Phi) is 7.49. The van der Waals surface area contributed by atoms with Crippen LogP contribution in [-0.2, 0) is 15.2 Å². The zero-order valence-electron chi connectivity index (χ0n) is 10.2. The van der Waals surface area contributed by atoms with Crippen LogP contribution in [0.1, 0.15) is 6.92 Å². The third kappa shape index (κ3) is 14.1. The maximum atomic E-state index is 10.5. The minimum absolute atomic E-state index is 0.0301. The summed E-state index contributed by atoms with van der Waals surface area (Å²) in [6.07, 6.45) is 0. The van der Waals surface area contributed by atoms with Crippen LogP contribution in [0.5, 0.6) is 5.75 Å². The maximum Gasteiger partial charge on any atom is 0.394 e. The molecule has 0 aliphatic carbocycles. The fraction of sp³-hybridized carbons (Fsp3) is 0.300. The molecule has 0 saturated carbocycles. The highest BCUT2D eigenvalue weighted by molar-refractivity contribution is 7.79. The molecule has 0 spiro atoms. The second-order valence-electron chi connectivity index (χ2n) is 3.40. The summed E-state index contributed by atoms with van der Waals surface area (Å²) in [4.78, 5) is 10.5. The summed E-state index contributed by atoms with van der Waals surface area (Å²) in [6, 6.07) is 6.79. The van der Waals surface area contributed by atoms with Crippen molar-refractivity contribution in [3.63, 3.8) is 0 Å². The van der Waals surface area contributed by atoms with Crippen molar-refractivity contribution in [2.75, 3.05) is 18.4 Å². The highest BCUT2D eigenvalue weighted by Gasteiger charge is 1.92. The summed E-state index contributed by atoms with van der Waals surface area (Å²) in [7, 11) is -4.67. The van der Waals surface area contributed by atoms with E-state index in [9.17, 15) is 4.79 Å². The van der Waals surface area contributed by atoms with Crippen molar-refractivity contribution in [1.82, 2.24) is 5.32 Å². The van der Waals surface area contributed by atoms with Crippen LogP contribution in [0, 0.1) is 0 Å². The number of amides is 1. The zero-order valence-corrected chi connectivity index (χ0v) is 11.0. The van der Waals surface area contributed by atoms with Gasteiger partial charge >= 0.3 is 10.4 Å². The van der Waals surface area contributed by atoms with E-state index in [1.807, 2.05) is 0 Å². The van der Waals surface area contributed by atoms with Crippen molar-refractivity contribution >= 4 is 22.0 Å². The predicted molar refractivity (Wildman–Crippen MR) is 69.5 cm³/mol. The van der Waals surface area contributed by atoms with Gasteiger partial charge in [-0.2, -0.15) is 8.42 Å². The summed E-state index contributed by atoms with van der Waals surface area (Å²) >= 11 is 0. The molecule has 0 atom stereocenters. The molecule has 0 aliphatic heterocycles. The molecule has 19 heavy (non-hydrogen) atoms. The SMILES string of the molecule is CC(=O)NCCNc1ccc(O)cc1.O=S(=O)(O)O. The van der Waals surface area contributed by atoms with Gasteiger partial charge in [0.1, 0.15) is 5.75 Å². The number of carbonyl (C=O) groups is 1. The first kappa shape index (κ1) is 17.2. The second kappa shape index (κ2) is 8.29. The minimum Gasteiger partial charge on any atom is -0.508 e. The Bertz CT molecular complexity index is 477. The average Bonchev–Trinajstić information content (AvgIpc) is 2.24. The third-order valence-corrected chi connectivity index (χ3v) is 1.70. The van der Waals surface area contributed by atoms with E-state index in [4.69, 9.17) is 22.6 Å². The normalized spacial score (nSPS) is 10.1. The number of hydrogen-bond donors (Lipinski definition) is 5. The lowest BCUT2D eigenvalue weighted by Gasteiger charge is -2.06. The monoisotopic (exact) mass is 292 g/mol. The molecule has 0 radical (unpaired) electrons. The first-order valence-corrected chi connectivity index (χ1v) is 6.55. The molecule has 1 amide bonds. The van der Waals surface area contributed by atoms with Crippen molar-refractivity contribution in [2.45, 2.75) is 6.92 Å². The molecule has 5 N–H and O–H groups in total. The van der Waals surface area contributed by atoms with E-state index in [1.54, 1.807) is 24.3 Å². The van der Waals surface area contributed by atoms with Gasteiger partial charge in [0.15, 0.2) is 0 Å². The second-order valence-corrected chi connectivity index (χ2v) is 4.30. The number of hydrogen-bond acceptors (Lipinski definition) is 5. The Balaban J connectivity index is 0.000000555. The van der Waals surface area contributed by atoms with Gasteiger partial charge in [0.05, 0.1) is 0 Å². The van der Waals surface area contributed by atoms with Gasteiger partial charge in [0.2, 0.25) is 5.91 Å². The molecule has 0 aliphatic rings. The summed E-state index contributed by atoms with van der Waals surface area (Å²) in [6.45, 7) is 2.75. The minimum atomic E-state index is -4.67. The molecule has 1 aromatic rings. The molecule has 0 aromatic heterocycles. The van der Waals surface area contributed by atoms with Crippen molar-refractivity contribution in [2.24, 2.45) is 0 Å². The molecule has 8 nitrogen and oxygen atoms in total. The third-order valence-electron chi connectivity index (χ3n) is 1.70. The van der Waals surface area contributed by atoms with Crippen LogP contribution in [-0.4, -0.2) is 41.6 Å². The number of phenols is 1. The topological polar surface area (TPSA) is 136 Å². The quantitative estimate of drug-likeness (QED) is 0.305. The smallest absolute Gasteiger partial charge is 0.394 e. The molecule has 9 heteroatoms. The molecule has 108 valence electrons. The fourth-order valence-electron chi connectivity index (χ4n) is 1.02. The maximum absolute atomic E-state index is 10.5. The van der Waals surface area contributed by atoms with Gasteiger partial charge in [-0.1, -0.05) is 0 Å². The summed E-state index contributed by atoms with van der Waals surface area (Å²) < 4.78 is 31.6. The highest BCUT2D eigenvalue weighted by Crippen LogP contribution is 2.12. The van der Waals surface area contributed by atoms with Crippen LogP contribution in [0.4, 0.5) is 5.69 Å². The molecule has 1 aromatic carbocycles. The van der Waals surface area contributed by atoms with Crippen molar-refractivity contribution in [3.8, 4) is 5.75 Å². The van der Waals surface area contributed by atoms with E-state index in [1.165, 1.54) is 6.92 Å². The zero-order chi connectivity index (χ0) is 14.9. The lowest BCUT2D eigenvalue weighted by molar-refractivity contribution is -0.118. The number of nitrogens with one attached hydrogen (secondary N) is 2. The van der Waals surface area contributed by atoms with Crippen LogP contribution in [0.25, 0.3) is 0 Å². The molecular formula is C10H16N2O6S. The van der Waals surface area contributed by atoms with Crippen LogP contribution in [0.3, 0.4) is 0 Å². The van der Waals surface area contributed by atoms with Gasteiger partial charge in [0, 0.05) is 25.7 Å². The largest absolute Gasteiger partial charge is 0.508 e. The number of anilines is 1. The van der Waals surface area contributed by atoms with E-state index >= 15 is 0 Å². The molecule has 0 saturated heterocycles. The number of phenolic OH excluding ortho intramolecular Hbond substituents is 1. The lowest BCUT2D eigenvalue weighted by atomic mass is 10.3. The summed E-state index contributed by atoms with van der Waals surface area (Å²) in [5.74, 6) is 0.218. The Labute approximate surface area is 111 Å². The van der Waals surface area contributed by atoms with E-state index in [2.05, 4.69) is 10.6 Å². The first-order valence-electron chi connectivity index (χ1n) is 5.15. The Morgan fingerprint density at radius 1 is 1.16 bits per heavy atom. The predicted octanol–water partition coefficient (Wildman–Crippen LogP) is 0.287. The Hall–Kier alpha value is -1.84. The summed E-state index contributed by atoms with van der Waals surface area (Å²) in [5.41, 5.74) is 0.924. The van der Waals surface area contributed by atoms with E-state index in [0.717, 1.165) is 5.69 Å². The Morgan fingerprint density at radius 3 is 2.05 bits per heavy atom.